The standard InChI is InChI=1S/C27H26N2O7S/c1-18-4-6-19(7-5-18)17-28(37(33,34)23-14-12-22(35-2)13-15-23)24-16-25(30)29(26(24)31)21-10-8-20(9-11-21)27(32)36-3/h4-15,24H,16-17H2,1-3H3. The third-order valence-electron chi connectivity index (χ3n) is 6.14. The zero-order valence-corrected chi connectivity index (χ0v) is 21.4. The molecule has 1 aliphatic rings. The molecule has 0 aromatic heterocycles. The summed E-state index contributed by atoms with van der Waals surface area (Å²) in [6.45, 7) is 1.81. The molecule has 10 heteroatoms. The van der Waals surface area contributed by atoms with E-state index in [2.05, 4.69) is 4.74 Å². The smallest absolute Gasteiger partial charge is 0.337 e. The van der Waals surface area contributed by atoms with Crippen molar-refractivity contribution in [2.75, 3.05) is 19.1 Å². The fourth-order valence-corrected chi connectivity index (χ4v) is 5.67. The maximum Gasteiger partial charge on any atom is 0.337 e. The van der Waals surface area contributed by atoms with E-state index in [0.29, 0.717) is 11.3 Å². The van der Waals surface area contributed by atoms with Crippen LogP contribution in [0.25, 0.3) is 0 Å². The van der Waals surface area contributed by atoms with Gasteiger partial charge in [0.15, 0.2) is 0 Å². The molecule has 1 unspecified atom stereocenters. The number of nitrogens with zero attached hydrogens (tertiary/aromatic N) is 2. The largest absolute Gasteiger partial charge is 0.497 e. The Balaban J connectivity index is 1.71. The molecule has 4 rings (SSSR count). The third kappa shape index (κ3) is 5.25. The molecule has 0 saturated carbocycles. The van der Waals surface area contributed by atoms with Crippen LogP contribution in [-0.2, 0) is 30.9 Å². The van der Waals surface area contributed by atoms with E-state index < -0.39 is 33.8 Å². The molecule has 1 atom stereocenters. The van der Waals surface area contributed by atoms with E-state index in [1.54, 1.807) is 12.1 Å². The number of sulfonamides is 1. The van der Waals surface area contributed by atoms with Gasteiger partial charge in [0.2, 0.25) is 15.9 Å². The Hall–Kier alpha value is -4.02. The summed E-state index contributed by atoms with van der Waals surface area (Å²) in [5.74, 6) is -1.28. The Morgan fingerprint density at radius 2 is 1.57 bits per heavy atom. The van der Waals surface area contributed by atoms with E-state index in [-0.39, 0.29) is 29.1 Å². The van der Waals surface area contributed by atoms with Crippen molar-refractivity contribution in [3.05, 3.63) is 89.5 Å². The highest BCUT2D eigenvalue weighted by molar-refractivity contribution is 7.89. The van der Waals surface area contributed by atoms with Crippen molar-refractivity contribution >= 4 is 33.5 Å². The van der Waals surface area contributed by atoms with Crippen LogP contribution in [0.5, 0.6) is 5.75 Å². The lowest BCUT2D eigenvalue weighted by atomic mass is 10.1. The molecule has 0 aliphatic carbocycles. The predicted octanol–water partition coefficient (Wildman–Crippen LogP) is 3.31. The number of anilines is 1. The molecule has 0 N–H and O–H groups in total. The highest BCUT2D eigenvalue weighted by Crippen LogP contribution is 2.31. The van der Waals surface area contributed by atoms with Crippen LogP contribution in [0.1, 0.15) is 27.9 Å². The van der Waals surface area contributed by atoms with Crippen LogP contribution in [0.15, 0.2) is 77.7 Å². The van der Waals surface area contributed by atoms with E-state index in [1.165, 1.54) is 62.8 Å². The van der Waals surface area contributed by atoms with Gasteiger partial charge in [0, 0.05) is 6.54 Å². The zero-order valence-electron chi connectivity index (χ0n) is 20.6. The number of benzene rings is 3. The normalized spacial score (nSPS) is 15.8. The number of amides is 2. The van der Waals surface area contributed by atoms with Gasteiger partial charge in [-0.05, 0) is 61.0 Å². The number of rotatable bonds is 8. The maximum atomic E-state index is 13.8. The molecule has 0 spiro atoms. The van der Waals surface area contributed by atoms with Crippen LogP contribution in [0.2, 0.25) is 0 Å². The Kier molecular flexibility index (Phi) is 7.42. The molecule has 1 heterocycles. The van der Waals surface area contributed by atoms with Crippen molar-refractivity contribution in [3.8, 4) is 5.75 Å². The second-order valence-corrected chi connectivity index (χ2v) is 10.4. The summed E-state index contributed by atoms with van der Waals surface area (Å²) in [6.07, 6.45) is -0.321. The van der Waals surface area contributed by atoms with Crippen molar-refractivity contribution in [3.63, 3.8) is 0 Å². The molecule has 9 nitrogen and oxygen atoms in total. The number of carbonyl (C=O) groups excluding carboxylic acids is 3. The number of esters is 1. The maximum absolute atomic E-state index is 13.8. The van der Waals surface area contributed by atoms with Gasteiger partial charge in [-0.25, -0.2) is 18.1 Å². The molecule has 192 valence electrons. The molecule has 0 radical (unpaired) electrons. The van der Waals surface area contributed by atoms with Crippen molar-refractivity contribution in [2.45, 2.75) is 30.8 Å². The molecule has 0 bridgehead atoms. The van der Waals surface area contributed by atoms with Gasteiger partial charge in [-0.15, -0.1) is 0 Å². The van der Waals surface area contributed by atoms with Gasteiger partial charge < -0.3 is 9.47 Å². The minimum absolute atomic E-state index is 0.0264. The fraction of sp³-hybridized carbons (Fsp3) is 0.222. The Morgan fingerprint density at radius 3 is 2.14 bits per heavy atom. The second-order valence-electron chi connectivity index (χ2n) is 8.54. The van der Waals surface area contributed by atoms with E-state index in [9.17, 15) is 22.8 Å². The third-order valence-corrected chi connectivity index (χ3v) is 8.01. The molecular formula is C27H26N2O7S. The number of hydrogen-bond donors (Lipinski definition) is 0. The lowest BCUT2D eigenvalue weighted by Crippen LogP contribution is -2.45. The molecule has 1 aliphatic heterocycles. The molecule has 3 aromatic rings. The van der Waals surface area contributed by atoms with Crippen LogP contribution in [0.4, 0.5) is 5.69 Å². The van der Waals surface area contributed by atoms with Crippen molar-refractivity contribution < 1.29 is 32.3 Å². The van der Waals surface area contributed by atoms with E-state index in [1.807, 2.05) is 19.1 Å². The summed E-state index contributed by atoms with van der Waals surface area (Å²) in [4.78, 5) is 39.2. The Labute approximate surface area is 215 Å². The van der Waals surface area contributed by atoms with Crippen molar-refractivity contribution in [1.82, 2.24) is 4.31 Å². The lowest BCUT2D eigenvalue weighted by Gasteiger charge is -2.27. The van der Waals surface area contributed by atoms with Gasteiger partial charge in [-0.3, -0.25) is 9.59 Å². The average Bonchev–Trinajstić information content (AvgIpc) is 3.20. The lowest BCUT2D eigenvalue weighted by molar-refractivity contribution is -0.122. The first-order valence-electron chi connectivity index (χ1n) is 11.4. The number of ether oxygens (including phenoxy) is 2. The van der Waals surface area contributed by atoms with Gasteiger partial charge in [0.05, 0.1) is 36.8 Å². The van der Waals surface area contributed by atoms with Gasteiger partial charge in [-0.2, -0.15) is 4.31 Å². The summed E-state index contributed by atoms with van der Waals surface area (Å²) < 4.78 is 38.5. The average molecular weight is 523 g/mol. The minimum atomic E-state index is -4.18. The number of aryl methyl sites for hydroxylation is 1. The van der Waals surface area contributed by atoms with Crippen LogP contribution < -0.4 is 9.64 Å². The van der Waals surface area contributed by atoms with Gasteiger partial charge in [0.25, 0.3) is 5.91 Å². The second kappa shape index (κ2) is 10.5. The number of imide groups is 1. The fourth-order valence-electron chi connectivity index (χ4n) is 4.10. The highest BCUT2D eigenvalue weighted by atomic mass is 32.2. The summed E-state index contributed by atoms with van der Waals surface area (Å²) in [6, 6.07) is 17.7. The van der Waals surface area contributed by atoms with Gasteiger partial charge in [0.1, 0.15) is 11.8 Å². The summed E-state index contributed by atoms with van der Waals surface area (Å²) in [5, 5.41) is 0. The van der Waals surface area contributed by atoms with Crippen LogP contribution >= 0.6 is 0 Å². The first-order valence-corrected chi connectivity index (χ1v) is 12.9. The summed E-state index contributed by atoms with van der Waals surface area (Å²) in [5.41, 5.74) is 2.16. The van der Waals surface area contributed by atoms with Crippen molar-refractivity contribution in [1.29, 1.82) is 0 Å². The van der Waals surface area contributed by atoms with Crippen LogP contribution in [0.3, 0.4) is 0 Å². The molecule has 3 aromatic carbocycles. The van der Waals surface area contributed by atoms with Gasteiger partial charge in [-0.1, -0.05) is 29.8 Å². The summed E-state index contributed by atoms with van der Waals surface area (Å²) >= 11 is 0. The van der Waals surface area contributed by atoms with E-state index in [0.717, 1.165) is 14.8 Å². The number of hydrogen-bond acceptors (Lipinski definition) is 7. The van der Waals surface area contributed by atoms with Crippen LogP contribution in [-0.4, -0.2) is 50.8 Å². The first-order chi connectivity index (χ1) is 17.6. The van der Waals surface area contributed by atoms with Gasteiger partial charge >= 0.3 is 5.97 Å². The topological polar surface area (TPSA) is 110 Å². The SMILES string of the molecule is COC(=O)c1ccc(N2C(=O)CC(N(Cc3ccc(C)cc3)S(=O)(=O)c3ccc(OC)cc3)C2=O)cc1. The molecule has 2 amide bonds. The predicted molar refractivity (Wildman–Crippen MR) is 136 cm³/mol. The minimum Gasteiger partial charge on any atom is -0.497 e. The quantitative estimate of drug-likeness (QED) is 0.330. The Morgan fingerprint density at radius 1 is 0.946 bits per heavy atom. The molecule has 37 heavy (non-hydrogen) atoms. The monoisotopic (exact) mass is 522 g/mol. The number of methoxy groups -OCH3 is 2. The molecular weight excluding hydrogens is 496 g/mol. The van der Waals surface area contributed by atoms with E-state index in [4.69, 9.17) is 4.74 Å². The number of carbonyl (C=O) groups is 3. The Bertz CT molecular complexity index is 1420. The van der Waals surface area contributed by atoms with Crippen molar-refractivity contribution in [2.24, 2.45) is 0 Å². The molecule has 1 fully saturated rings. The van der Waals surface area contributed by atoms with E-state index >= 15 is 0 Å². The van der Waals surface area contributed by atoms with Crippen LogP contribution in [0, 0.1) is 6.92 Å². The first kappa shape index (κ1) is 26.1. The summed E-state index contributed by atoms with van der Waals surface area (Å²) in [7, 11) is -1.46. The highest BCUT2D eigenvalue weighted by Gasteiger charge is 2.47. The zero-order chi connectivity index (χ0) is 26.7. The molecule has 1 saturated heterocycles.